The summed E-state index contributed by atoms with van der Waals surface area (Å²) >= 11 is 0. The molecule has 0 aromatic carbocycles. The molecule has 2 rings (SSSR count). The summed E-state index contributed by atoms with van der Waals surface area (Å²) in [7, 11) is 0. The number of rotatable bonds is 2. The molecule has 5 nitrogen and oxygen atoms in total. The summed E-state index contributed by atoms with van der Waals surface area (Å²) < 4.78 is 7.39. The molecule has 0 unspecified atom stereocenters. The maximum absolute atomic E-state index is 5.25. The fraction of sp³-hybridized carbons (Fsp3) is 0.571. The Morgan fingerprint density at radius 3 is 3.50 bits per heavy atom. The molecule has 0 fully saturated rings. The van der Waals surface area contributed by atoms with E-state index >= 15 is 0 Å². The molecular weight excluding hydrogens is 156 g/mol. The normalized spacial score (nSPS) is 16.1. The summed E-state index contributed by atoms with van der Waals surface area (Å²) in [6.45, 7) is 2.92. The molecule has 0 atom stereocenters. The second-order valence-corrected chi connectivity index (χ2v) is 2.75. The Hall–Kier alpha value is -0.910. The lowest BCUT2D eigenvalue weighted by atomic mass is 10.4. The quantitative estimate of drug-likeness (QED) is 0.456. The first-order valence-electron chi connectivity index (χ1n) is 3.96. The molecule has 2 heterocycles. The SMILES string of the molecule is NNCc1cnc2n1CCOC2. The van der Waals surface area contributed by atoms with Crippen molar-refractivity contribution in [2.24, 2.45) is 5.84 Å². The minimum atomic E-state index is 0.616. The number of fused-ring (bicyclic) bond motifs is 1. The van der Waals surface area contributed by atoms with Gasteiger partial charge in [-0.3, -0.25) is 11.3 Å². The van der Waals surface area contributed by atoms with Crippen LogP contribution in [0.1, 0.15) is 11.5 Å². The van der Waals surface area contributed by atoms with Gasteiger partial charge in [0, 0.05) is 12.7 Å². The summed E-state index contributed by atoms with van der Waals surface area (Å²) in [6.07, 6.45) is 1.84. The Morgan fingerprint density at radius 2 is 2.67 bits per heavy atom. The van der Waals surface area contributed by atoms with E-state index in [9.17, 15) is 0 Å². The molecule has 0 spiro atoms. The van der Waals surface area contributed by atoms with E-state index in [1.165, 1.54) is 0 Å². The second kappa shape index (κ2) is 3.22. The summed E-state index contributed by atoms with van der Waals surface area (Å²) in [6, 6.07) is 0. The van der Waals surface area contributed by atoms with Crippen molar-refractivity contribution in [2.45, 2.75) is 19.7 Å². The number of hydrogen-bond acceptors (Lipinski definition) is 4. The predicted molar refractivity (Wildman–Crippen MR) is 42.9 cm³/mol. The molecule has 1 aromatic rings. The van der Waals surface area contributed by atoms with Crippen LogP contribution < -0.4 is 11.3 Å². The van der Waals surface area contributed by atoms with Gasteiger partial charge in [0.2, 0.25) is 0 Å². The van der Waals surface area contributed by atoms with Gasteiger partial charge in [0.1, 0.15) is 12.4 Å². The molecule has 0 radical (unpaired) electrons. The molecule has 12 heavy (non-hydrogen) atoms. The summed E-state index contributed by atoms with van der Waals surface area (Å²) in [5.74, 6) is 6.22. The number of hydrogen-bond donors (Lipinski definition) is 2. The fourth-order valence-corrected chi connectivity index (χ4v) is 1.41. The summed E-state index contributed by atoms with van der Waals surface area (Å²) in [5, 5.41) is 0. The van der Waals surface area contributed by atoms with E-state index in [2.05, 4.69) is 15.0 Å². The lowest BCUT2D eigenvalue weighted by Crippen LogP contribution is -2.25. The molecule has 0 saturated carbocycles. The average Bonchev–Trinajstić information content (AvgIpc) is 2.50. The van der Waals surface area contributed by atoms with Crippen LogP contribution in [0.15, 0.2) is 6.20 Å². The zero-order valence-corrected chi connectivity index (χ0v) is 6.79. The minimum absolute atomic E-state index is 0.616. The van der Waals surface area contributed by atoms with Crippen LogP contribution in [0, 0.1) is 0 Å². The smallest absolute Gasteiger partial charge is 0.135 e. The maximum Gasteiger partial charge on any atom is 0.135 e. The fourth-order valence-electron chi connectivity index (χ4n) is 1.41. The molecule has 0 amide bonds. The Labute approximate surface area is 70.5 Å². The van der Waals surface area contributed by atoms with Crippen LogP contribution in [-0.4, -0.2) is 16.2 Å². The molecule has 0 saturated heterocycles. The van der Waals surface area contributed by atoms with Gasteiger partial charge >= 0.3 is 0 Å². The Kier molecular flexibility index (Phi) is 2.07. The van der Waals surface area contributed by atoms with Crippen molar-refractivity contribution in [1.82, 2.24) is 15.0 Å². The maximum atomic E-state index is 5.25. The third kappa shape index (κ3) is 1.22. The van der Waals surface area contributed by atoms with E-state index in [0.717, 1.165) is 24.7 Å². The molecule has 66 valence electrons. The van der Waals surface area contributed by atoms with Crippen LogP contribution in [0.4, 0.5) is 0 Å². The first-order chi connectivity index (χ1) is 5.92. The van der Waals surface area contributed by atoms with Crippen molar-refractivity contribution in [3.05, 3.63) is 17.7 Å². The molecule has 1 aliphatic heterocycles. The molecule has 0 aliphatic carbocycles. The van der Waals surface area contributed by atoms with Gasteiger partial charge in [-0.2, -0.15) is 0 Å². The molecule has 1 aromatic heterocycles. The third-order valence-electron chi connectivity index (χ3n) is 1.99. The highest BCUT2D eigenvalue weighted by Gasteiger charge is 2.12. The van der Waals surface area contributed by atoms with Crippen LogP contribution in [0.3, 0.4) is 0 Å². The summed E-state index contributed by atoms with van der Waals surface area (Å²) in [4.78, 5) is 4.22. The van der Waals surface area contributed by atoms with Gasteiger partial charge < -0.3 is 9.30 Å². The minimum Gasteiger partial charge on any atom is -0.372 e. The Balaban J connectivity index is 2.25. The second-order valence-electron chi connectivity index (χ2n) is 2.75. The first kappa shape index (κ1) is 7.72. The van der Waals surface area contributed by atoms with Crippen molar-refractivity contribution in [2.75, 3.05) is 6.61 Å². The van der Waals surface area contributed by atoms with Gasteiger partial charge in [0.25, 0.3) is 0 Å². The van der Waals surface area contributed by atoms with E-state index in [0.29, 0.717) is 13.2 Å². The van der Waals surface area contributed by atoms with Gasteiger partial charge in [-0.1, -0.05) is 0 Å². The van der Waals surface area contributed by atoms with Crippen LogP contribution in [0.5, 0.6) is 0 Å². The van der Waals surface area contributed by atoms with Gasteiger partial charge in [-0.05, 0) is 0 Å². The van der Waals surface area contributed by atoms with Crippen molar-refractivity contribution in [3.63, 3.8) is 0 Å². The molecule has 3 N–H and O–H groups in total. The van der Waals surface area contributed by atoms with Gasteiger partial charge in [-0.15, -0.1) is 0 Å². The van der Waals surface area contributed by atoms with E-state index in [-0.39, 0.29) is 0 Å². The van der Waals surface area contributed by atoms with E-state index in [4.69, 9.17) is 10.6 Å². The van der Waals surface area contributed by atoms with E-state index < -0.39 is 0 Å². The standard InChI is InChI=1S/C7H12N4O/c8-10-4-6-3-9-7-5-12-2-1-11(6)7/h3,10H,1-2,4-5,8H2. The van der Waals surface area contributed by atoms with E-state index in [1.807, 2.05) is 6.20 Å². The number of nitrogens with one attached hydrogen (secondary N) is 1. The van der Waals surface area contributed by atoms with E-state index in [1.54, 1.807) is 0 Å². The monoisotopic (exact) mass is 168 g/mol. The average molecular weight is 168 g/mol. The third-order valence-corrected chi connectivity index (χ3v) is 1.99. The van der Waals surface area contributed by atoms with Gasteiger partial charge in [0.05, 0.1) is 18.8 Å². The topological polar surface area (TPSA) is 65.1 Å². The van der Waals surface area contributed by atoms with Gasteiger partial charge in [0.15, 0.2) is 0 Å². The highest BCUT2D eigenvalue weighted by molar-refractivity contribution is 5.05. The van der Waals surface area contributed by atoms with Crippen molar-refractivity contribution in [1.29, 1.82) is 0 Å². The van der Waals surface area contributed by atoms with Crippen molar-refractivity contribution < 1.29 is 4.74 Å². The largest absolute Gasteiger partial charge is 0.372 e. The number of ether oxygens (including phenoxy) is 1. The first-order valence-corrected chi connectivity index (χ1v) is 3.96. The Morgan fingerprint density at radius 1 is 1.75 bits per heavy atom. The number of aromatic nitrogens is 2. The number of nitrogens with two attached hydrogens (primary N) is 1. The predicted octanol–water partition coefficient (Wildman–Crippen LogP) is -0.623. The van der Waals surface area contributed by atoms with Gasteiger partial charge in [-0.25, -0.2) is 4.98 Å². The zero-order chi connectivity index (χ0) is 8.39. The van der Waals surface area contributed by atoms with Crippen LogP contribution in [0.2, 0.25) is 0 Å². The summed E-state index contributed by atoms with van der Waals surface area (Å²) in [5.41, 5.74) is 3.74. The van der Waals surface area contributed by atoms with Crippen molar-refractivity contribution in [3.8, 4) is 0 Å². The zero-order valence-electron chi connectivity index (χ0n) is 6.79. The Bertz CT molecular complexity index is 270. The highest BCUT2D eigenvalue weighted by atomic mass is 16.5. The highest BCUT2D eigenvalue weighted by Crippen LogP contribution is 2.10. The van der Waals surface area contributed by atoms with Crippen molar-refractivity contribution >= 4 is 0 Å². The molecular formula is C7H12N4O. The van der Waals surface area contributed by atoms with Crippen LogP contribution in [-0.2, 0) is 24.4 Å². The lowest BCUT2D eigenvalue weighted by molar-refractivity contribution is 0.0805. The number of nitrogens with zero attached hydrogens (tertiary/aromatic N) is 2. The van der Waals surface area contributed by atoms with Crippen LogP contribution >= 0.6 is 0 Å². The van der Waals surface area contributed by atoms with Crippen LogP contribution in [0.25, 0.3) is 0 Å². The molecule has 5 heteroatoms. The molecule has 0 bridgehead atoms. The lowest BCUT2D eigenvalue weighted by Gasteiger charge is -2.16. The molecule has 1 aliphatic rings. The number of imidazole rings is 1. The number of hydrazine groups is 1.